The molecule has 1 aliphatic rings. The third-order valence-corrected chi connectivity index (χ3v) is 6.30. The fourth-order valence-corrected chi connectivity index (χ4v) is 4.90. The molecule has 1 aromatic carbocycles. The van der Waals surface area contributed by atoms with Crippen molar-refractivity contribution in [3.05, 3.63) is 55.9 Å². The van der Waals surface area contributed by atoms with Crippen molar-refractivity contribution in [3.8, 4) is 5.75 Å². The van der Waals surface area contributed by atoms with Crippen LogP contribution in [-0.2, 0) is 19.6 Å². The van der Waals surface area contributed by atoms with Gasteiger partial charge in [0.2, 0.25) is 0 Å². The Labute approximate surface area is 162 Å². The van der Waals surface area contributed by atoms with Gasteiger partial charge in [0.05, 0.1) is 5.39 Å². The van der Waals surface area contributed by atoms with Crippen molar-refractivity contribution in [2.75, 3.05) is 18.9 Å². The van der Waals surface area contributed by atoms with Crippen molar-refractivity contribution < 1.29 is 4.74 Å². The number of fused-ring (bicyclic) bond motifs is 3. The third kappa shape index (κ3) is 3.21. The molecule has 0 unspecified atom stereocenters. The van der Waals surface area contributed by atoms with Gasteiger partial charge in [-0.3, -0.25) is 9.69 Å². The van der Waals surface area contributed by atoms with Gasteiger partial charge in [-0.05, 0) is 44.0 Å². The molecule has 27 heavy (non-hydrogen) atoms. The first-order valence-corrected chi connectivity index (χ1v) is 10.0. The zero-order valence-corrected chi connectivity index (χ0v) is 16.7. The summed E-state index contributed by atoms with van der Waals surface area (Å²) < 4.78 is 7.04. The first kappa shape index (κ1) is 18.0. The average Bonchev–Trinajstić information content (AvgIpc) is 3.02. The van der Waals surface area contributed by atoms with E-state index >= 15 is 0 Å². The lowest BCUT2D eigenvalue weighted by molar-refractivity contribution is 0.272. The quantitative estimate of drug-likeness (QED) is 0.700. The molecule has 0 aliphatic carbocycles. The zero-order valence-electron chi connectivity index (χ0n) is 15.9. The van der Waals surface area contributed by atoms with Crippen molar-refractivity contribution in [1.29, 1.82) is 0 Å². The molecule has 0 spiro atoms. The molecule has 0 atom stereocenters. The summed E-state index contributed by atoms with van der Waals surface area (Å²) in [5.41, 5.74) is 3.17. The molecule has 2 N–H and O–H groups in total. The van der Waals surface area contributed by atoms with E-state index in [2.05, 4.69) is 22.9 Å². The lowest BCUT2D eigenvalue weighted by Crippen LogP contribution is -2.33. The van der Waals surface area contributed by atoms with Crippen LogP contribution in [0.1, 0.15) is 34.3 Å². The number of nitrogens with zero attached hydrogens (tertiary/aromatic N) is 3. The zero-order chi connectivity index (χ0) is 19.1. The Morgan fingerprint density at radius 2 is 2.15 bits per heavy atom. The number of aromatic nitrogens is 2. The van der Waals surface area contributed by atoms with Crippen LogP contribution in [0, 0.1) is 13.8 Å². The van der Waals surface area contributed by atoms with E-state index in [1.54, 1.807) is 11.3 Å². The van der Waals surface area contributed by atoms with E-state index < -0.39 is 0 Å². The number of rotatable bonds is 4. The predicted octanol–water partition coefficient (Wildman–Crippen LogP) is 2.75. The van der Waals surface area contributed by atoms with E-state index in [1.807, 2.05) is 26.0 Å². The van der Waals surface area contributed by atoms with Crippen LogP contribution in [0.5, 0.6) is 5.75 Å². The second-order valence-electron chi connectivity index (χ2n) is 7.06. The van der Waals surface area contributed by atoms with Crippen molar-refractivity contribution in [2.24, 2.45) is 0 Å². The van der Waals surface area contributed by atoms with E-state index in [0.29, 0.717) is 11.2 Å². The topological polar surface area (TPSA) is 73.4 Å². The standard InChI is InChI=1S/C20H24N4O2S/c1-4-23-8-7-14-16(10-23)27-19-18(14)20(25)24(21)17(22-19)11-26-15-6-5-12(2)9-13(15)3/h5-6,9H,4,7-8,10-11,21H2,1-3H3. The third-order valence-electron chi connectivity index (χ3n) is 5.19. The van der Waals surface area contributed by atoms with Gasteiger partial charge in [-0.25, -0.2) is 9.66 Å². The fraction of sp³-hybridized carbons (Fsp3) is 0.400. The molecule has 2 aromatic heterocycles. The first-order chi connectivity index (χ1) is 13.0. The minimum Gasteiger partial charge on any atom is -0.485 e. The highest BCUT2D eigenvalue weighted by Gasteiger charge is 2.24. The number of hydrogen-bond donors (Lipinski definition) is 1. The number of ether oxygens (including phenoxy) is 1. The SMILES string of the molecule is CCN1CCc2c(sc3nc(COc4ccc(C)cc4C)n(N)c(=O)c23)C1. The average molecular weight is 385 g/mol. The summed E-state index contributed by atoms with van der Waals surface area (Å²) in [6.45, 7) is 9.23. The molecule has 4 rings (SSSR count). The second kappa shape index (κ2) is 6.98. The lowest BCUT2D eigenvalue weighted by atomic mass is 10.1. The highest BCUT2D eigenvalue weighted by atomic mass is 32.1. The van der Waals surface area contributed by atoms with Gasteiger partial charge in [-0.2, -0.15) is 0 Å². The number of hydrogen-bond acceptors (Lipinski definition) is 6. The van der Waals surface area contributed by atoms with Crippen LogP contribution < -0.4 is 16.1 Å². The fourth-order valence-electron chi connectivity index (χ4n) is 3.63. The Balaban J connectivity index is 1.68. The molecule has 1 aliphatic heterocycles. The van der Waals surface area contributed by atoms with E-state index in [9.17, 15) is 4.79 Å². The number of benzene rings is 1. The van der Waals surface area contributed by atoms with Gasteiger partial charge >= 0.3 is 0 Å². The molecular formula is C20H24N4O2S. The number of thiophene rings is 1. The smallest absolute Gasteiger partial charge is 0.281 e. The van der Waals surface area contributed by atoms with E-state index in [-0.39, 0.29) is 12.2 Å². The molecule has 0 fully saturated rings. The molecule has 7 heteroatoms. The molecule has 0 bridgehead atoms. The van der Waals surface area contributed by atoms with Crippen LogP contribution >= 0.6 is 11.3 Å². The minimum absolute atomic E-state index is 0.162. The molecular weight excluding hydrogens is 360 g/mol. The molecule has 3 aromatic rings. The number of nitrogens with two attached hydrogens (primary N) is 1. The maximum absolute atomic E-state index is 12.9. The second-order valence-corrected chi connectivity index (χ2v) is 8.15. The van der Waals surface area contributed by atoms with Gasteiger partial charge in [-0.1, -0.05) is 24.6 Å². The van der Waals surface area contributed by atoms with Gasteiger partial charge in [0, 0.05) is 18.0 Å². The van der Waals surface area contributed by atoms with Crippen molar-refractivity contribution in [1.82, 2.24) is 14.6 Å². The van der Waals surface area contributed by atoms with Gasteiger partial charge in [0.25, 0.3) is 5.56 Å². The van der Waals surface area contributed by atoms with Gasteiger partial charge < -0.3 is 10.6 Å². The maximum Gasteiger partial charge on any atom is 0.281 e. The van der Waals surface area contributed by atoms with Crippen LogP contribution in [0.4, 0.5) is 0 Å². The van der Waals surface area contributed by atoms with Crippen LogP contribution in [-0.4, -0.2) is 27.6 Å². The molecule has 0 saturated carbocycles. The van der Waals surface area contributed by atoms with Crippen LogP contribution in [0.25, 0.3) is 10.2 Å². The summed E-state index contributed by atoms with van der Waals surface area (Å²) in [4.78, 5) is 21.9. The minimum atomic E-state index is -0.179. The summed E-state index contributed by atoms with van der Waals surface area (Å²) in [5, 5.41) is 0.684. The van der Waals surface area contributed by atoms with Crippen molar-refractivity contribution in [3.63, 3.8) is 0 Å². The van der Waals surface area contributed by atoms with Crippen molar-refractivity contribution >= 4 is 21.6 Å². The van der Waals surface area contributed by atoms with E-state index in [4.69, 9.17) is 10.6 Å². The highest BCUT2D eigenvalue weighted by Crippen LogP contribution is 2.32. The van der Waals surface area contributed by atoms with Crippen LogP contribution in [0.2, 0.25) is 0 Å². The monoisotopic (exact) mass is 384 g/mol. The van der Waals surface area contributed by atoms with E-state index in [1.165, 1.54) is 10.4 Å². The largest absolute Gasteiger partial charge is 0.485 e. The Kier molecular flexibility index (Phi) is 4.65. The first-order valence-electron chi connectivity index (χ1n) is 9.21. The Bertz CT molecular complexity index is 1070. The molecule has 3 heterocycles. The summed E-state index contributed by atoms with van der Waals surface area (Å²) in [7, 11) is 0. The maximum atomic E-state index is 12.9. The summed E-state index contributed by atoms with van der Waals surface area (Å²) in [5.74, 6) is 7.30. The molecule has 0 saturated heterocycles. The van der Waals surface area contributed by atoms with Gasteiger partial charge in [-0.15, -0.1) is 11.3 Å². The van der Waals surface area contributed by atoms with E-state index in [0.717, 1.165) is 52.4 Å². The molecule has 0 radical (unpaired) electrons. The molecule has 142 valence electrons. The van der Waals surface area contributed by atoms with Crippen molar-refractivity contribution in [2.45, 2.75) is 40.3 Å². The predicted molar refractivity (Wildman–Crippen MR) is 109 cm³/mol. The highest BCUT2D eigenvalue weighted by molar-refractivity contribution is 7.18. The lowest BCUT2D eigenvalue weighted by Gasteiger charge is -2.24. The number of aryl methyl sites for hydroxylation is 2. The summed E-state index contributed by atoms with van der Waals surface area (Å²) in [6.07, 6.45) is 0.874. The Hall–Kier alpha value is -2.38. The molecule has 0 amide bonds. The van der Waals surface area contributed by atoms with Gasteiger partial charge in [0.1, 0.15) is 17.2 Å². The summed E-state index contributed by atoms with van der Waals surface area (Å²) in [6, 6.07) is 6.00. The normalized spacial score (nSPS) is 14.5. The Morgan fingerprint density at radius 3 is 2.89 bits per heavy atom. The number of likely N-dealkylation sites (N-methyl/N-ethyl adjacent to an activating group) is 1. The summed E-state index contributed by atoms with van der Waals surface area (Å²) >= 11 is 1.61. The number of nitrogen functional groups attached to an aromatic ring is 1. The Morgan fingerprint density at radius 1 is 1.33 bits per heavy atom. The van der Waals surface area contributed by atoms with Crippen LogP contribution in [0.15, 0.2) is 23.0 Å². The van der Waals surface area contributed by atoms with Gasteiger partial charge in [0.15, 0.2) is 5.82 Å². The van der Waals surface area contributed by atoms with Crippen LogP contribution in [0.3, 0.4) is 0 Å². The molecule has 6 nitrogen and oxygen atoms in total.